The molecule has 10 heteroatoms. The summed E-state index contributed by atoms with van der Waals surface area (Å²) in [4.78, 5) is 0. The van der Waals surface area contributed by atoms with Crippen LogP contribution in [0, 0.1) is 0 Å². The summed E-state index contributed by atoms with van der Waals surface area (Å²) in [6.45, 7) is 4.08. The molecule has 1 atom stereocenters. The van der Waals surface area contributed by atoms with Crippen molar-refractivity contribution in [2.75, 3.05) is 25.2 Å². The van der Waals surface area contributed by atoms with Crippen LogP contribution in [0.3, 0.4) is 0 Å². The molecule has 3 N–H and O–H groups in total. The van der Waals surface area contributed by atoms with Crippen molar-refractivity contribution >= 4 is 27.0 Å². The number of nitrogens with one attached hydrogen (secondary N) is 1. The van der Waals surface area contributed by atoms with Crippen molar-refractivity contribution in [1.29, 1.82) is 0 Å². The Morgan fingerprint density at radius 3 is 2.73 bits per heavy atom. The predicted octanol–water partition coefficient (Wildman–Crippen LogP) is 3.79. The topological polar surface area (TPSA) is 116 Å². The fourth-order valence-electron chi connectivity index (χ4n) is 3.94. The molecule has 0 bridgehead atoms. The minimum absolute atomic E-state index is 0.0414. The molecule has 0 saturated heterocycles. The zero-order valence-electron chi connectivity index (χ0n) is 18.9. The zero-order chi connectivity index (χ0) is 23.6. The Bertz CT molecular complexity index is 1240. The van der Waals surface area contributed by atoms with Gasteiger partial charge < -0.3 is 15.2 Å². The molecule has 0 spiro atoms. The second kappa shape index (κ2) is 9.76. The van der Waals surface area contributed by atoms with Gasteiger partial charge in [-0.2, -0.15) is 0 Å². The number of anilines is 1. The standard InChI is InChI=1S/C23H28N4O4S2/c1-14(2)31-21-10-7-15(13-19(21)24)22-25-26-23(32-22)18-6-4-5-17-16(18)8-9-20(17)27-33(28,29)12-11-30-3/h4-7,10,13-14,20,27H,8-9,11-12,24H2,1-3H3. The van der Waals surface area contributed by atoms with Crippen molar-refractivity contribution in [2.24, 2.45) is 0 Å². The number of hydrogen-bond acceptors (Lipinski definition) is 8. The number of methoxy groups -OCH3 is 1. The highest BCUT2D eigenvalue weighted by Gasteiger charge is 2.29. The molecule has 1 aliphatic carbocycles. The van der Waals surface area contributed by atoms with E-state index in [0.717, 1.165) is 38.7 Å². The van der Waals surface area contributed by atoms with Gasteiger partial charge in [-0.05, 0) is 56.0 Å². The smallest absolute Gasteiger partial charge is 0.214 e. The summed E-state index contributed by atoms with van der Waals surface area (Å²) in [5.41, 5.74) is 10.7. The monoisotopic (exact) mass is 488 g/mol. The minimum atomic E-state index is -3.42. The van der Waals surface area contributed by atoms with Crippen LogP contribution in [0.15, 0.2) is 36.4 Å². The van der Waals surface area contributed by atoms with E-state index in [0.29, 0.717) is 17.9 Å². The number of aromatic nitrogens is 2. The number of fused-ring (bicyclic) bond motifs is 1. The van der Waals surface area contributed by atoms with Gasteiger partial charge in [-0.1, -0.05) is 29.5 Å². The van der Waals surface area contributed by atoms with Gasteiger partial charge in [0.2, 0.25) is 10.0 Å². The average Bonchev–Trinajstić information content (AvgIpc) is 3.41. The van der Waals surface area contributed by atoms with E-state index in [9.17, 15) is 8.42 Å². The molecule has 1 heterocycles. The highest BCUT2D eigenvalue weighted by molar-refractivity contribution is 7.89. The summed E-state index contributed by atoms with van der Waals surface area (Å²) in [5.74, 6) is 0.595. The van der Waals surface area contributed by atoms with Crippen LogP contribution in [0.5, 0.6) is 5.75 Å². The summed E-state index contributed by atoms with van der Waals surface area (Å²) < 4.78 is 38.1. The fraction of sp³-hybridized carbons (Fsp3) is 0.391. The third-order valence-corrected chi connectivity index (χ3v) is 7.78. The van der Waals surface area contributed by atoms with Crippen LogP contribution >= 0.6 is 11.3 Å². The second-order valence-corrected chi connectivity index (χ2v) is 11.1. The Labute approximate surface area is 198 Å². The molecule has 0 aliphatic heterocycles. The highest BCUT2D eigenvalue weighted by Crippen LogP contribution is 2.40. The molecular weight excluding hydrogens is 460 g/mol. The number of benzene rings is 2. The highest BCUT2D eigenvalue weighted by atomic mass is 32.2. The third kappa shape index (κ3) is 5.35. The SMILES string of the molecule is COCCS(=O)(=O)NC1CCc2c(-c3nnc(-c4ccc(OC(C)C)c(N)c4)s3)cccc21. The fourth-order valence-corrected chi connectivity index (χ4v) is 6.01. The van der Waals surface area contributed by atoms with Crippen molar-refractivity contribution in [1.82, 2.24) is 14.9 Å². The summed E-state index contributed by atoms with van der Waals surface area (Å²) in [6.07, 6.45) is 1.52. The number of nitrogens with zero attached hydrogens (tertiary/aromatic N) is 2. The van der Waals surface area contributed by atoms with Gasteiger partial charge >= 0.3 is 0 Å². The minimum Gasteiger partial charge on any atom is -0.489 e. The second-order valence-electron chi connectivity index (χ2n) is 8.23. The first kappa shape index (κ1) is 23.6. The van der Waals surface area contributed by atoms with Crippen LogP contribution in [0.25, 0.3) is 21.1 Å². The molecule has 8 nitrogen and oxygen atoms in total. The molecule has 0 amide bonds. The van der Waals surface area contributed by atoms with Crippen LogP contribution in [0.4, 0.5) is 5.69 Å². The number of nitrogens with two attached hydrogens (primary N) is 1. The molecule has 0 saturated carbocycles. The molecule has 4 rings (SSSR count). The average molecular weight is 489 g/mol. The third-order valence-electron chi connectivity index (χ3n) is 5.42. The van der Waals surface area contributed by atoms with Crippen molar-refractivity contribution in [3.63, 3.8) is 0 Å². The maximum absolute atomic E-state index is 12.4. The van der Waals surface area contributed by atoms with Gasteiger partial charge in [0.15, 0.2) is 0 Å². The van der Waals surface area contributed by atoms with E-state index in [2.05, 4.69) is 14.9 Å². The van der Waals surface area contributed by atoms with Gasteiger partial charge in [-0.3, -0.25) is 0 Å². The Morgan fingerprint density at radius 1 is 1.21 bits per heavy atom. The van der Waals surface area contributed by atoms with E-state index in [1.54, 1.807) is 0 Å². The lowest BCUT2D eigenvalue weighted by Crippen LogP contribution is -2.31. The molecule has 3 aromatic rings. The Balaban J connectivity index is 1.58. The molecule has 0 radical (unpaired) electrons. The van der Waals surface area contributed by atoms with E-state index in [1.807, 2.05) is 50.2 Å². The maximum atomic E-state index is 12.4. The molecule has 1 aromatic heterocycles. The lowest BCUT2D eigenvalue weighted by atomic mass is 10.0. The van der Waals surface area contributed by atoms with Crippen molar-refractivity contribution in [3.05, 3.63) is 47.5 Å². The summed E-state index contributed by atoms with van der Waals surface area (Å²) in [7, 11) is -1.93. The maximum Gasteiger partial charge on any atom is 0.214 e. The van der Waals surface area contributed by atoms with E-state index >= 15 is 0 Å². The molecular formula is C23H28N4O4S2. The van der Waals surface area contributed by atoms with Crippen LogP contribution < -0.4 is 15.2 Å². The Morgan fingerprint density at radius 2 is 2.00 bits per heavy atom. The van der Waals surface area contributed by atoms with Gasteiger partial charge in [0.1, 0.15) is 15.8 Å². The lowest BCUT2D eigenvalue weighted by molar-refractivity contribution is 0.216. The Hall–Kier alpha value is -2.53. The van der Waals surface area contributed by atoms with Gasteiger partial charge in [-0.25, -0.2) is 13.1 Å². The molecule has 1 unspecified atom stereocenters. The zero-order valence-corrected chi connectivity index (χ0v) is 20.5. The lowest BCUT2D eigenvalue weighted by Gasteiger charge is -2.14. The van der Waals surface area contributed by atoms with Crippen molar-refractivity contribution in [3.8, 4) is 26.9 Å². The number of rotatable bonds is 9. The summed E-state index contributed by atoms with van der Waals surface area (Å²) in [6, 6.07) is 11.3. The normalized spacial score (nSPS) is 15.7. The van der Waals surface area contributed by atoms with Crippen molar-refractivity contribution in [2.45, 2.75) is 38.8 Å². The van der Waals surface area contributed by atoms with E-state index < -0.39 is 10.0 Å². The first-order valence-electron chi connectivity index (χ1n) is 10.8. The van der Waals surface area contributed by atoms with Crippen LogP contribution in [0.2, 0.25) is 0 Å². The Kier molecular flexibility index (Phi) is 6.99. The van der Waals surface area contributed by atoms with E-state index in [-0.39, 0.29) is 24.5 Å². The summed E-state index contributed by atoms with van der Waals surface area (Å²) in [5, 5.41) is 10.4. The number of nitrogen functional groups attached to an aromatic ring is 1. The van der Waals surface area contributed by atoms with Gasteiger partial charge in [0, 0.05) is 24.3 Å². The number of ether oxygens (including phenoxy) is 2. The largest absolute Gasteiger partial charge is 0.489 e. The van der Waals surface area contributed by atoms with Gasteiger partial charge in [-0.15, -0.1) is 10.2 Å². The quantitative estimate of drug-likeness (QED) is 0.440. The van der Waals surface area contributed by atoms with Gasteiger partial charge in [0.25, 0.3) is 0 Å². The number of hydrogen-bond donors (Lipinski definition) is 2. The van der Waals surface area contributed by atoms with E-state index in [4.69, 9.17) is 15.2 Å². The number of sulfonamides is 1. The van der Waals surface area contributed by atoms with Crippen LogP contribution in [-0.2, 0) is 21.2 Å². The molecule has 0 fully saturated rings. The molecule has 176 valence electrons. The molecule has 1 aliphatic rings. The first-order chi connectivity index (χ1) is 15.8. The van der Waals surface area contributed by atoms with E-state index in [1.165, 1.54) is 18.4 Å². The van der Waals surface area contributed by atoms with Gasteiger partial charge in [0.05, 0.1) is 24.2 Å². The molecule has 33 heavy (non-hydrogen) atoms. The van der Waals surface area contributed by atoms with Crippen LogP contribution in [-0.4, -0.2) is 44.2 Å². The van der Waals surface area contributed by atoms with Crippen LogP contribution in [0.1, 0.15) is 37.4 Å². The molecule has 2 aromatic carbocycles. The summed E-state index contributed by atoms with van der Waals surface area (Å²) >= 11 is 1.49. The van der Waals surface area contributed by atoms with Crippen molar-refractivity contribution < 1.29 is 17.9 Å². The first-order valence-corrected chi connectivity index (χ1v) is 13.3. The predicted molar refractivity (Wildman–Crippen MR) is 131 cm³/mol.